The Hall–Kier alpha value is -3.21. The van der Waals surface area contributed by atoms with Crippen LogP contribution in [-0.2, 0) is 29.7 Å². The van der Waals surface area contributed by atoms with E-state index < -0.39 is 88.6 Å². The van der Waals surface area contributed by atoms with E-state index in [0.29, 0.717) is 11.3 Å². The lowest BCUT2D eigenvalue weighted by Crippen LogP contribution is -2.59. The Morgan fingerprint density at radius 2 is 1.48 bits per heavy atom. The van der Waals surface area contributed by atoms with E-state index in [0.717, 1.165) is 4.57 Å². The molecule has 1 unspecified atom stereocenters. The first kappa shape index (κ1) is 47.2. The zero-order chi connectivity index (χ0) is 42.6. The third-order valence-electron chi connectivity index (χ3n) is 11.4. The van der Waals surface area contributed by atoms with Gasteiger partial charge in [0.2, 0.25) is 5.91 Å². The van der Waals surface area contributed by atoms with Gasteiger partial charge in [-0.3, -0.25) is 23.5 Å². The standard InChI is InChI=1S/C38H65N5O11Si2/c1-23(44)27(39)33(47)41-20-13-19-40-28(35(48)49)29(46)30-31(53-55(9,10)37(2,3)4)32(54-56(11,12)38(5,6)7)34(52-30)42-21-18-26(45)43(36(42)50)22-24-14-16-25(51-8)17-15-24/h14-18,21,23,27-32,34,40,44,46H,13,19-20,22,39H2,1-12H3,(H,41,47)(H,48,49)/t23-,27-,28-,29+,30?,31+,32+,34+/m0/s1. The number of carboxylic acid groups (broad SMARTS) is 1. The lowest BCUT2D eigenvalue weighted by Gasteiger charge is -2.44. The quantitative estimate of drug-likeness (QED) is 0.0940. The molecule has 2 aromatic rings. The van der Waals surface area contributed by atoms with Gasteiger partial charge in [-0.25, -0.2) is 4.79 Å². The number of hydrogen-bond donors (Lipinski definition) is 6. The largest absolute Gasteiger partial charge is 0.497 e. The number of carbonyl (C=O) groups is 2. The lowest BCUT2D eigenvalue weighted by atomic mass is 9.99. The van der Waals surface area contributed by atoms with E-state index in [1.54, 1.807) is 31.4 Å². The molecule has 1 aromatic heterocycles. The Morgan fingerprint density at radius 3 is 1.98 bits per heavy atom. The monoisotopic (exact) mass is 823 g/mol. The van der Waals surface area contributed by atoms with Crippen LogP contribution in [0.3, 0.4) is 0 Å². The number of carboxylic acids is 1. The van der Waals surface area contributed by atoms with Gasteiger partial charge in [0.25, 0.3) is 5.56 Å². The minimum Gasteiger partial charge on any atom is -0.497 e. The fourth-order valence-electron chi connectivity index (χ4n) is 5.68. The Labute approximate surface area is 331 Å². The van der Waals surface area contributed by atoms with Crippen molar-refractivity contribution in [1.82, 2.24) is 19.8 Å². The van der Waals surface area contributed by atoms with Crippen molar-refractivity contribution in [3.63, 3.8) is 0 Å². The van der Waals surface area contributed by atoms with Crippen LogP contribution in [0.1, 0.15) is 66.7 Å². The zero-order valence-corrected chi connectivity index (χ0v) is 37.0. The highest BCUT2D eigenvalue weighted by Crippen LogP contribution is 2.46. The maximum atomic E-state index is 14.3. The number of ether oxygens (including phenoxy) is 2. The summed E-state index contributed by atoms with van der Waals surface area (Å²) in [6.07, 6.45) is -5.72. The number of methoxy groups -OCH3 is 1. The molecular formula is C38H65N5O11Si2. The van der Waals surface area contributed by atoms with Crippen LogP contribution >= 0.6 is 0 Å². The summed E-state index contributed by atoms with van der Waals surface area (Å²) in [7, 11) is -3.87. The van der Waals surface area contributed by atoms with Gasteiger partial charge in [0.1, 0.15) is 42.2 Å². The van der Waals surface area contributed by atoms with Crippen molar-refractivity contribution >= 4 is 28.5 Å². The second-order valence-electron chi connectivity index (χ2n) is 17.6. The molecule has 2 heterocycles. The van der Waals surface area contributed by atoms with Crippen LogP contribution in [0, 0.1) is 0 Å². The number of nitrogens with zero attached hydrogens (tertiary/aromatic N) is 2. The first-order valence-electron chi connectivity index (χ1n) is 19.1. The Balaban J connectivity index is 2.12. The third-order valence-corrected chi connectivity index (χ3v) is 20.3. The number of carbonyl (C=O) groups excluding carboxylic acids is 1. The van der Waals surface area contributed by atoms with Crippen LogP contribution in [0.5, 0.6) is 5.75 Å². The van der Waals surface area contributed by atoms with Gasteiger partial charge in [-0.05, 0) is 73.9 Å². The molecule has 0 radical (unpaired) electrons. The van der Waals surface area contributed by atoms with E-state index in [9.17, 15) is 34.5 Å². The van der Waals surface area contributed by atoms with Crippen molar-refractivity contribution in [3.05, 3.63) is 62.9 Å². The molecule has 1 aliphatic heterocycles. The second kappa shape index (κ2) is 18.6. The Bertz CT molecular complexity index is 1750. The molecular weight excluding hydrogens is 759 g/mol. The van der Waals surface area contributed by atoms with Crippen molar-refractivity contribution in [2.45, 2.75) is 147 Å². The zero-order valence-electron chi connectivity index (χ0n) is 35.0. The molecule has 8 atom stereocenters. The average Bonchev–Trinajstić information content (AvgIpc) is 3.42. The Kier molecular flexibility index (Phi) is 15.7. The van der Waals surface area contributed by atoms with E-state index in [1.807, 2.05) is 26.2 Å². The van der Waals surface area contributed by atoms with Crippen molar-refractivity contribution < 1.29 is 43.2 Å². The summed E-state index contributed by atoms with van der Waals surface area (Å²) >= 11 is 0. The highest BCUT2D eigenvalue weighted by molar-refractivity contribution is 6.74. The summed E-state index contributed by atoms with van der Waals surface area (Å²) in [5, 5.41) is 36.9. The van der Waals surface area contributed by atoms with Crippen LogP contribution in [0.4, 0.5) is 0 Å². The molecule has 18 heteroatoms. The number of amides is 1. The topological polar surface area (TPSA) is 226 Å². The predicted octanol–water partition coefficient (Wildman–Crippen LogP) is 2.36. The summed E-state index contributed by atoms with van der Waals surface area (Å²) in [5.41, 5.74) is 5.15. The van der Waals surface area contributed by atoms with Crippen molar-refractivity contribution in [3.8, 4) is 5.75 Å². The number of rotatable bonds is 18. The van der Waals surface area contributed by atoms with Gasteiger partial charge in [0.15, 0.2) is 22.9 Å². The predicted molar refractivity (Wildman–Crippen MR) is 218 cm³/mol. The molecule has 56 heavy (non-hydrogen) atoms. The SMILES string of the molecule is COc1ccc(Cn2c(=O)ccn([C@@H]3OC([C@H](O)[C@H](NCCCNC(=O)[C@@H](N)[C@H](C)O)C(=O)O)[C@@H](O[Si](C)(C)C(C)(C)C)[C@H]3O[Si](C)(C)C(C)(C)C)c2=O)cc1. The molecule has 1 amide bonds. The summed E-state index contributed by atoms with van der Waals surface area (Å²) < 4.78 is 28.3. The Morgan fingerprint density at radius 1 is 0.929 bits per heavy atom. The van der Waals surface area contributed by atoms with Crippen molar-refractivity contribution in [2.24, 2.45) is 5.73 Å². The molecule has 16 nitrogen and oxygen atoms in total. The molecule has 7 N–H and O–H groups in total. The average molecular weight is 824 g/mol. The summed E-state index contributed by atoms with van der Waals surface area (Å²) in [6, 6.07) is 5.56. The fraction of sp³-hybridized carbons (Fsp3) is 0.684. The molecule has 1 aliphatic rings. The maximum absolute atomic E-state index is 14.3. The number of nitrogens with one attached hydrogen (secondary N) is 2. The lowest BCUT2D eigenvalue weighted by molar-refractivity contribution is -0.149. The van der Waals surface area contributed by atoms with Gasteiger partial charge in [-0.15, -0.1) is 0 Å². The van der Waals surface area contributed by atoms with E-state index in [4.69, 9.17) is 24.1 Å². The van der Waals surface area contributed by atoms with Gasteiger partial charge in [0.05, 0.1) is 19.8 Å². The van der Waals surface area contributed by atoms with Crippen LogP contribution in [0.25, 0.3) is 0 Å². The third kappa shape index (κ3) is 11.3. The number of aliphatic hydroxyl groups excluding tert-OH is 2. The molecule has 3 rings (SSSR count). The van der Waals surface area contributed by atoms with Crippen LogP contribution in [0.15, 0.2) is 46.1 Å². The molecule has 0 aliphatic carbocycles. The smallest absolute Gasteiger partial charge is 0.333 e. The number of hydrogen-bond acceptors (Lipinski definition) is 12. The van der Waals surface area contributed by atoms with Crippen LogP contribution in [-0.4, -0.2) is 116 Å². The van der Waals surface area contributed by atoms with Crippen LogP contribution < -0.4 is 32.4 Å². The molecule has 1 aromatic carbocycles. The normalized spacial score (nSPS) is 21.6. The number of aromatic nitrogens is 2. The first-order chi connectivity index (χ1) is 25.7. The van der Waals surface area contributed by atoms with Crippen molar-refractivity contribution in [1.29, 1.82) is 0 Å². The minimum atomic E-state index is -2.71. The fourth-order valence-corrected chi connectivity index (χ4v) is 8.27. The van der Waals surface area contributed by atoms with E-state index in [1.165, 1.54) is 23.8 Å². The van der Waals surface area contributed by atoms with Crippen molar-refractivity contribution in [2.75, 3.05) is 20.2 Å². The number of aliphatic hydroxyl groups is 2. The summed E-state index contributed by atoms with van der Waals surface area (Å²) in [6.45, 7) is 22.0. The van der Waals surface area contributed by atoms with E-state index in [-0.39, 0.29) is 36.1 Å². The molecule has 0 bridgehead atoms. The highest BCUT2D eigenvalue weighted by Gasteiger charge is 2.57. The van der Waals surface area contributed by atoms with Gasteiger partial charge < -0.3 is 50.0 Å². The summed E-state index contributed by atoms with van der Waals surface area (Å²) in [5.74, 6) is -1.29. The van der Waals surface area contributed by atoms with Gasteiger partial charge >= 0.3 is 11.7 Å². The maximum Gasteiger partial charge on any atom is 0.333 e. The molecule has 1 saturated heterocycles. The summed E-state index contributed by atoms with van der Waals surface area (Å²) in [4.78, 5) is 52.5. The van der Waals surface area contributed by atoms with Gasteiger partial charge in [-0.1, -0.05) is 53.7 Å². The number of benzene rings is 1. The minimum absolute atomic E-state index is 0.0463. The molecule has 1 fully saturated rings. The molecule has 0 saturated carbocycles. The van der Waals surface area contributed by atoms with Crippen LogP contribution in [0.2, 0.25) is 36.3 Å². The number of aliphatic carboxylic acids is 1. The van der Waals surface area contributed by atoms with E-state index in [2.05, 4.69) is 52.2 Å². The molecule has 316 valence electrons. The second-order valence-corrected chi connectivity index (χ2v) is 27.1. The number of nitrogens with two attached hydrogens (primary N) is 1. The highest BCUT2D eigenvalue weighted by atomic mass is 28.4. The van der Waals surface area contributed by atoms with E-state index >= 15 is 0 Å². The van der Waals surface area contributed by atoms with Gasteiger partial charge in [0, 0.05) is 18.8 Å². The van der Waals surface area contributed by atoms with Gasteiger partial charge in [-0.2, -0.15) is 0 Å². The first-order valence-corrected chi connectivity index (χ1v) is 24.9. The molecule has 0 spiro atoms.